The molecule has 0 aromatic heterocycles. The Morgan fingerprint density at radius 3 is 2.79 bits per heavy atom. The van der Waals surface area contributed by atoms with E-state index in [1.165, 1.54) is 5.41 Å². The summed E-state index contributed by atoms with van der Waals surface area (Å²) in [5.74, 6) is -0.749. The summed E-state index contributed by atoms with van der Waals surface area (Å²) >= 11 is 0. The number of carboxylic acid groups (broad SMARTS) is 1. The minimum absolute atomic E-state index is 0.0834. The second kappa shape index (κ2) is 4.56. The summed E-state index contributed by atoms with van der Waals surface area (Å²) in [5.41, 5.74) is 0. The molecule has 1 aliphatic rings. The minimum Gasteiger partial charge on any atom is -0.481 e. The second-order valence-electron chi connectivity index (χ2n) is 3.22. The number of carbonyl (C=O) groups is 1. The Balaban J connectivity index is 2.16. The smallest absolute Gasteiger partial charge is 0.303 e. The zero-order valence-corrected chi connectivity index (χ0v) is 8.46. The first-order chi connectivity index (χ1) is 6.49. The van der Waals surface area contributed by atoms with Crippen LogP contribution >= 0.6 is 0 Å². The first-order valence-electron chi connectivity index (χ1n) is 4.36. The SMILES string of the molecule is O=C(O)CCCN[C@H]1C=CS(=O)(=O)C1. The fourth-order valence-electron chi connectivity index (χ4n) is 1.23. The van der Waals surface area contributed by atoms with E-state index in [1.807, 2.05) is 0 Å². The summed E-state index contributed by atoms with van der Waals surface area (Å²) in [5, 5.41) is 12.5. The second-order valence-corrected chi connectivity index (χ2v) is 5.15. The highest BCUT2D eigenvalue weighted by Gasteiger charge is 2.20. The van der Waals surface area contributed by atoms with Gasteiger partial charge in [0.2, 0.25) is 0 Å². The van der Waals surface area contributed by atoms with Gasteiger partial charge in [-0.05, 0) is 13.0 Å². The molecule has 0 aromatic rings. The van der Waals surface area contributed by atoms with Crippen LogP contribution in [0.3, 0.4) is 0 Å². The molecule has 1 atom stereocenters. The molecule has 0 aliphatic carbocycles. The van der Waals surface area contributed by atoms with Gasteiger partial charge in [0.15, 0.2) is 9.84 Å². The third-order valence-corrected chi connectivity index (χ3v) is 3.30. The summed E-state index contributed by atoms with van der Waals surface area (Å²) in [6.07, 6.45) is 2.21. The van der Waals surface area contributed by atoms with Crippen LogP contribution in [0.5, 0.6) is 0 Å². The minimum atomic E-state index is -3.01. The van der Waals surface area contributed by atoms with E-state index in [0.717, 1.165) is 0 Å². The molecule has 80 valence electrons. The number of nitrogens with one attached hydrogen (secondary N) is 1. The molecule has 0 aromatic carbocycles. The van der Waals surface area contributed by atoms with Crippen LogP contribution in [-0.2, 0) is 14.6 Å². The van der Waals surface area contributed by atoms with Crippen molar-refractivity contribution in [3.63, 3.8) is 0 Å². The largest absolute Gasteiger partial charge is 0.481 e. The van der Waals surface area contributed by atoms with Crippen LogP contribution in [0.4, 0.5) is 0 Å². The fourth-order valence-corrected chi connectivity index (χ4v) is 2.50. The van der Waals surface area contributed by atoms with E-state index in [9.17, 15) is 13.2 Å². The van der Waals surface area contributed by atoms with Gasteiger partial charge in [-0.2, -0.15) is 0 Å². The Morgan fingerprint density at radius 2 is 2.29 bits per heavy atom. The third kappa shape index (κ3) is 3.89. The summed E-state index contributed by atoms with van der Waals surface area (Å²) in [6.45, 7) is 0.525. The average Bonchev–Trinajstić information content (AvgIpc) is 2.39. The van der Waals surface area contributed by atoms with Crippen molar-refractivity contribution >= 4 is 15.8 Å². The Kier molecular flexibility index (Phi) is 3.65. The van der Waals surface area contributed by atoms with Gasteiger partial charge in [0.25, 0.3) is 0 Å². The van der Waals surface area contributed by atoms with Crippen molar-refractivity contribution in [3.8, 4) is 0 Å². The van der Waals surface area contributed by atoms with Gasteiger partial charge in [-0.3, -0.25) is 4.79 Å². The molecule has 0 bridgehead atoms. The summed E-state index contributed by atoms with van der Waals surface area (Å²) in [6, 6.07) is -0.159. The van der Waals surface area contributed by atoms with Crippen LogP contribution in [0.15, 0.2) is 11.5 Å². The molecule has 0 saturated heterocycles. The molecule has 1 aliphatic heterocycles. The molecule has 0 amide bonds. The predicted octanol–water partition coefficient (Wildman–Crippen LogP) is -0.248. The Hall–Kier alpha value is -0.880. The van der Waals surface area contributed by atoms with E-state index in [4.69, 9.17) is 5.11 Å². The predicted molar refractivity (Wildman–Crippen MR) is 51.6 cm³/mol. The Bertz CT molecular complexity index is 333. The van der Waals surface area contributed by atoms with Gasteiger partial charge >= 0.3 is 5.97 Å². The molecule has 0 fully saturated rings. The highest BCUT2D eigenvalue weighted by molar-refractivity contribution is 7.94. The van der Waals surface area contributed by atoms with Gasteiger partial charge in [0.05, 0.1) is 5.75 Å². The highest BCUT2D eigenvalue weighted by Crippen LogP contribution is 2.07. The number of hydrogen-bond donors (Lipinski definition) is 2. The molecule has 0 saturated carbocycles. The molecule has 6 heteroatoms. The molecule has 0 spiro atoms. The van der Waals surface area contributed by atoms with Gasteiger partial charge in [0.1, 0.15) is 0 Å². The van der Waals surface area contributed by atoms with Crippen molar-refractivity contribution in [1.82, 2.24) is 5.32 Å². The number of rotatable bonds is 5. The van der Waals surface area contributed by atoms with Crippen molar-refractivity contribution in [1.29, 1.82) is 0 Å². The molecule has 2 N–H and O–H groups in total. The molecule has 0 unspecified atom stereocenters. The summed E-state index contributed by atoms with van der Waals surface area (Å²) in [4.78, 5) is 10.2. The Morgan fingerprint density at radius 1 is 1.57 bits per heavy atom. The topological polar surface area (TPSA) is 83.5 Å². The van der Waals surface area contributed by atoms with Crippen molar-refractivity contribution in [2.75, 3.05) is 12.3 Å². The number of carboxylic acids is 1. The Labute approximate surface area is 82.7 Å². The molecule has 14 heavy (non-hydrogen) atoms. The lowest BCUT2D eigenvalue weighted by atomic mass is 10.3. The lowest BCUT2D eigenvalue weighted by Gasteiger charge is -2.08. The van der Waals surface area contributed by atoms with Crippen LogP contribution in [-0.4, -0.2) is 37.8 Å². The maximum absolute atomic E-state index is 11.0. The van der Waals surface area contributed by atoms with E-state index in [0.29, 0.717) is 13.0 Å². The van der Waals surface area contributed by atoms with Gasteiger partial charge in [-0.25, -0.2) is 8.42 Å². The van der Waals surface area contributed by atoms with Crippen molar-refractivity contribution in [2.24, 2.45) is 0 Å². The lowest BCUT2D eigenvalue weighted by molar-refractivity contribution is -0.137. The average molecular weight is 219 g/mol. The summed E-state index contributed by atoms with van der Waals surface area (Å²) < 4.78 is 21.9. The summed E-state index contributed by atoms with van der Waals surface area (Å²) in [7, 11) is -3.01. The molecule has 1 heterocycles. The van der Waals surface area contributed by atoms with Gasteiger partial charge in [0, 0.05) is 17.9 Å². The molecular formula is C8H13NO4S. The number of hydrogen-bond acceptors (Lipinski definition) is 4. The number of aliphatic carboxylic acids is 1. The lowest BCUT2D eigenvalue weighted by Crippen LogP contribution is -2.31. The third-order valence-electron chi connectivity index (χ3n) is 1.90. The van der Waals surface area contributed by atoms with E-state index in [1.54, 1.807) is 6.08 Å². The van der Waals surface area contributed by atoms with Crippen LogP contribution in [0, 0.1) is 0 Å². The molecule has 1 rings (SSSR count). The van der Waals surface area contributed by atoms with Crippen LogP contribution in [0.1, 0.15) is 12.8 Å². The first kappa shape index (κ1) is 11.2. The quantitative estimate of drug-likeness (QED) is 0.623. The molecule has 0 radical (unpaired) electrons. The van der Waals surface area contributed by atoms with Crippen LogP contribution in [0.25, 0.3) is 0 Å². The van der Waals surface area contributed by atoms with E-state index < -0.39 is 15.8 Å². The van der Waals surface area contributed by atoms with Crippen LogP contribution in [0.2, 0.25) is 0 Å². The van der Waals surface area contributed by atoms with E-state index >= 15 is 0 Å². The molecule has 5 nitrogen and oxygen atoms in total. The van der Waals surface area contributed by atoms with Gasteiger partial charge < -0.3 is 10.4 Å². The van der Waals surface area contributed by atoms with Gasteiger partial charge in [-0.1, -0.05) is 6.08 Å². The maximum Gasteiger partial charge on any atom is 0.303 e. The van der Waals surface area contributed by atoms with E-state index in [2.05, 4.69) is 5.32 Å². The monoisotopic (exact) mass is 219 g/mol. The number of sulfone groups is 1. The van der Waals surface area contributed by atoms with Crippen molar-refractivity contribution in [3.05, 3.63) is 11.5 Å². The zero-order valence-electron chi connectivity index (χ0n) is 7.64. The zero-order chi connectivity index (χ0) is 10.6. The molecular weight excluding hydrogens is 206 g/mol. The van der Waals surface area contributed by atoms with Gasteiger partial charge in [-0.15, -0.1) is 0 Å². The van der Waals surface area contributed by atoms with Crippen LogP contribution < -0.4 is 5.32 Å². The normalized spacial score (nSPS) is 23.9. The fraction of sp³-hybridized carbons (Fsp3) is 0.625. The van der Waals surface area contributed by atoms with Crippen molar-refractivity contribution in [2.45, 2.75) is 18.9 Å². The van der Waals surface area contributed by atoms with Crippen molar-refractivity contribution < 1.29 is 18.3 Å². The van der Waals surface area contributed by atoms with E-state index in [-0.39, 0.29) is 18.2 Å². The highest BCUT2D eigenvalue weighted by atomic mass is 32.2. The first-order valence-corrected chi connectivity index (χ1v) is 6.07. The maximum atomic E-state index is 11.0. The standard InChI is InChI=1S/C8H13NO4S/c10-8(11)2-1-4-9-7-3-5-14(12,13)6-7/h3,5,7,9H,1-2,4,6H2,(H,10,11)/t7-/m0/s1.